The lowest BCUT2D eigenvalue weighted by atomic mass is 9.84. The number of methoxy groups -OCH3 is 3. The number of hydrogen-bond acceptors (Lipinski definition) is 9. The van der Waals surface area contributed by atoms with Gasteiger partial charge in [0.15, 0.2) is 23.0 Å². The molecule has 1 aromatic heterocycles. The molecule has 1 atom stereocenters. The summed E-state index contributed by atoms with van der Waals surface area (Å²) < 4.78 is 34.2. The third-order valence-electron chi connectivity index (χ3n) is 8.30. The number of carbonyl (C=O) groups excluding carboxylic acids is 1. The van der Waals surface area contributed by atoms with Crippen LogP contribution in [0.5, 0.6) is 34.5 Å². The number of esters is 1. The van der Waals surface area contributed by atoms with Crippen molar-refractivity contribution in [3.8, 4) is 45.6 Å². The molecule has 1 aliphatic rings. The van der Waals surface area contributed by atoms with Crippen LogP contribution >= 0.6 is 0 Å². The third-order valence-corrected chi connectivity index (χ3v) is 8.30. The molecule has 0 aliphatic carbocycles. The minimum absolute atomic E-state index is 0.0174. The van der Waals surface area contributed by atoms with Crippen LogP contribution < -0.4 is 29.1 Å². The Balaban J connectivity index is 1.42. The summed E-state index contributed by atoms with van der Waals surface area (Å²) in [5.41, 5.74) is 3.85. The SMILES string of the molecule is COc1ccc(-c2coc3c4c(cc(O)c3c2=O)OC(=O)C[C@@H]4c2ccc(OC)c(OCc3ccc(C(C)C)cc3)c2)cc1OC. The lowest BCUT2D eigenvalue weighted by Crippen LogP contribution is -2.22. The highest BCUT2D eigenvalue weighted by molar-refractivity contribution is 5.94. The molecule has 0 radical (unpaired) electrons. The average Bonchev–Trinajstić information content (AvgIpc) is 3.06. The molecule has 0 saturated carbocycles. The summed E-state index contributed by atoms with van der Waals surface area (Å²) in [6.45, 7) is 4.61. The van der Waals surface area contributed by atoms with Gasteiger partial charge in [-0.1, -0.05) is 50.2 Å². The predicted molar refractivity (Wildman–Crippen MR) is 173 cm³/mol. The molecule has 4 aromatic carbocycles. The maximum absolute atomic E-state index is 13.9. The number of phenols is 1. The molecule has 0 bridgehead atoms. The molecule has 9 heteroatoms. The molecular formula is C37H34O9. The molecule has 0 amide bonds. The summed E-state index contributed by atoms with van der Waals surface area (Å²) in [5.74, 6) is 1.11. The maximum Gasteiger partial charge on any atom is 0.312 e. The van der Waals surface area contributed by atoms with Gasteiger partial charge >= 0.3 is 5.97 Å². The highest BCUT2D eigenvalue weighted by Crippen LogP contribution is 2.47. The van der Waals surface area contributed by atoms with E-state index in [2.05, 4.69) is 26.0 Å². The quantitative estimate of drug-likeness (QED) is 0.133. The zero-order valence-electron chi connectivity index (χ0n) is 26.2. The first-order chi connectivity index (χ1) is 22.2. The molecule has 1 aliphatic heterocycles. The van der Waals surface area contributed by atoms with Crippen molar-refractivity contribution in [2.75, 3.05) is 21.3 Å². The van der Waals surface area contributed by atoms with E-state index in [9.17, 15) is 14.7 Å². The van der Waals surface area contributed by atoms with E-state index in [1.807, 2.05) is 24.3 Å². The molecule has 5 aromatic rings. The number of phenolic OH excluding ortho intramolecular Hbond substituents is 1. The highest BCUT2D eigenvalue weighted by Gasteiger charge is 2.34. The summed E-state index contributed by atoms with van der Waals surface area (Å²) in [6.07, 6.45) is 1.32. The number of rotatable bonds is 9. The summed E-state index contributed by atoms with van der Waals surface area (Å²) >= 11 is 0. The zero-order chi connectivity index (χ0) is 32.5. The fraction of sp³-hybridized carbons (Fsp3) is 0.243. The van der Waals surface area contributed by atoms with Crippen LogP contribution in [0.2, 0.25) is 0 Å². The Morgan fingerprint density at radius 3 is 2.24 bits per heavy atom. The van der Waals surface area contributed by atoms with E-state index >= 15 is 0 Å². The summed E-state index contributed by atoms with van der Waals surface area (Å²) in [5, 5.41) is 11.0. The monoisotopic (exact) mass is 622 g/mol. The van der Waals surface area contributed by atoms with Crippen LogP contribution in [0.4, 0.5) is 0 Å². The average molecular weight is 623 g/mol. The molecule has 9 nitrogen and oxygen atoms in total. The van der Waals surface area contributed by atoms with Crippen LogP contribution in [0.15, 0.2) is 82.2 Å². The van der Waals surface area contributed by atoms with Crippen LogP contribution in [0, 0.1) is 0 Å². The van der Waals surface area contributed by atoms with Crippen molar-refractivity contribution in [3.05, 3.63) is 105 Å². The topological polar surface area (TPSA) is 114 Å². The van der Waals surface area contributed by atoms with Gasteiger partial charge in [0.25, 0.3) is 0 Å². The Kier molecular flexibility index (Phi) is 8.32. The first-order valence-electron chi connectivity index (χ1n) is 14.9. The van der Waals surface area contributed by atoms with Crippen molar-refractivity contribution in [3.63, 3.8) is 0 Å². The van der Waals surface area contributed by atoms with Crippen LogP contribution in [0.1, 0.15) is 54.4 Å². The van der Waals surface area contributed by atoms with Crippen molar-refractivity contribution in [2.24, 2.45) is 0 Å². The highest BCUT2D eigenvalue weighted by atomic mass is 16.5. The Morgan fingerprint density at radius 1 is 0.848 bits per heavy atom. The largest absolute Gasteiger partial charge is 0.507 e. The zero-order valence-corrected chi connectivity index (χ0v) is 26.2. The minimum atomic E-state index is -0.562. The lowest BCUT2D eigenvalue weighted by Gasteiger charge is -2.26. The van der Waals surface area contributed by atoms with Crippen molar-refractivity contribution in [1.29, 1.82) is 0 Å². The molecule has 0 fully saturated rings. The molecule has 2 heterocycles. The van der Waals surface area contributed by atoms with Crippen LogP contribution in [0.25, 0.3) is 22.1 Å². The molecule has 236 valence electrons. The van der Waals surface area contributed by atoms with E-state index in [4.69, 9.17) is 28.1 Å². The lowest BCUT2D eigenvalue weighted by molar-refractivity contribution is -0.135. The third kappa shape index (κ3) is 5.60. The molecule has 1 N–H and O–H groups in total. The first-order valence-corrected chi connectivity index (χ1v) is 14.9. The molecular weight excluding hydrogens is 588 g/mol. The van der Waals surface area contributed by atoms with Gasteiger partial charge in [-0.15, -0.1) is 0 Å². The van der Waals surface area contributed by atoms with Crippen molar-refractivity contribution >= 4 is 16.9 Å². The molecule has 6 rings (SSSR count). The Morgan fingerprint density at radius 2 is 1.54 bits per heavy atom. The number of benzene rings is 4. The van der Waals surface area contributed by atoms with E-state index in [0.29, 0.717) is 46.6 Å². The number of aromatic hydroxyl groups is 1. The van der Waals surface area contributed by atoms with Crippen molar-refractivity contribution < 1.29 is 38.0 Å². The van der Waals surface area contributed by atoms with Gasteiger partial charge in [0.2, 0.25) is 5.43 Å². The van der Waals surface area contributed by atoms with Crippen LogP contribution in [-0.4, -0.2) is 32.4 Å². The van der Waals surface area contributed by atoms with Gasteiger partial charge in [-0.3, -0.25) is 9.59 Å². The molecule has 0 saturated heterocycles. The fourth-order valence-electron chi connectivity index (χ4n) is 5.80. The summed E-state index contributed by atoms with van der Waals surface area (Å²) in [7, 11) is 4.59. The minimum Gasteiger partial charge on any atom is -0.507 e. The van der Waals surface area contributed by atoms with Gasteiger partial charge in [0.05, 0.1) is 33.3 Å². The van der Waals surface area contributed by atoms with E-state index < -0.39 is 17.3 Å². The second-order valence-electron chi connectivity index (χ2n) is 11.4. The van der Waals surface area contributed by atoms with Gasteiger partial charge < -0.3 is 33.2 Å². The van der Waals surface area contributed by atoms with Gasteiger partial charge in [-0.25, -0.2) is 0 Å². The second-order valence-corrected chi connectivity index (χ2v) is 11.4. The summed E-state index contributed by atoms with van der Waals surface area (Å²) in [6, 6.07) is 20.0. The number of carbonyl (C=O) groups is 1. The Hall–Kier alpha value is -5.44. The Labute approximate surface area is 265 Å². The standard InChI is InChI=1S/C37H34O9/c1-20(2)22-8-6-21(7-9-22)18-44-31-15-23(10-13-29(31)42-4)25-16-33(39)46-32-17-27(38)35-36(40)26(19-45-37(35)34(25)32)24-11-12-28(41-3)30(14-24)43-5/h6-15,17,19-20,25,38H,16,18H2,1-5H3/t25-/m1/s1. The van der Waals surface area contributed by atoms with Crippen molar-refractivity contribution in [1.82, 2.24) is 0 Å². The van der Waals surface area contributed by atoms with Gasteiger partial charge in [0, 0.05) is 17.5 Å². The van der Waals surface area contributed by atoms with E-state index in [1.54, 1.807) is 31.4 Å². The van der Waals surface area contributed by atoms with E-state index in [1.165, 1.54) is 32.1 Å². The van der Waals surface area contributed by atoms with Gasteiger partial charge in [0.1, 0.15) is 35.3 Å². The normalized spacial score (nSPS) is 14.1. The van der Waals surface area contributed by atoms with Crippen LogP contribution in [-0.2, 0) is 11.4 Å². The predicted octanol–water partition coefficient (Wildman–Crippen LogP) is 7.33. The molecule has 46 heavy (non-hydrogen) atoms. The smallest absolute Gasteiger partial charge is 0.312 e. The number of fused-ring (bicyclic) bond motifs is 3. The second kappa shape index (κ2) is 12.5. The number of hydrogen-bond donors (Lipinski definition) is 1. The fourth-order valence-corrected chi connectivity index (χ4v) is 5.80. The van der Waals surface area contributed by atoms with Crippen molar-refractivity contribution in [2.45, 2.75) is 38.7 Å². The van der Waals surface area contributed by atoms with Gasteiger partial charge in [-0.2, -0.15) is 0 Å². The number of ether oxygens (including phenoxy) is 5. The summed E-state index contributed by atoms with van der Waals surface area (Å²) in [4.78, 5) is 26.7. The molecule has 0 unspecified atom stereocenters. The Bertz CT molecular complexity index is 1990. The first kappa shape index (κ1) is 30.6. The molecule has 0 spiro atoms. The van der Waals surface area contributed by atoms with Crippen LogP contribution in [0.3, 0.4) is 0 Å². The van der Waals surface area contributed by atoms with E-state index in [-0.39, 0.29) is 34.5 Å². The maximum atomic E-state index is 13.9. The van der Waals surface area contributed by atoms with Gasteiger partial charge in [-0.05, 0) is 52.4 Å². The van der Waals surface area contributed by atoms with E-state index in [0.717, 1.165) is 11.1 Å².